The summed E-state index contributed by atoms with van der Waals surface area (Å²) in [7, 11) is 0. The maximum absolute atomic E-state index is 10.7. The Hall–Kier alpha value is 1.58. The van der Waals surface area contributed by atoms with Crippen molar-refractivity contribution in [2.24, 2.45) is 11.8 Å². The molecule has 0 amide bonds. The summed E-state index contributed by atoms with van der Waals surface area (Å²) in [6.07, 6.45) is 4.50. The van der Waals surface area contributed by atoms with Gasteiger partial charge < -0.3 is 10.2 Å². The van der Waals surface area contributed by atoms with Crippen LogP contribution in [0.15, 0.2) is 0 Å². The van der Waals surface area contributed by atoms with Crippen LogP contribution in [0.5, 0.6) is 0 Å². The second-order valence-corrected chi connectivity index (χ2v) is 3.55. The van der Waals surface area contributed by atoms with E-state index in [1.165, 1.54) is 0 Å². The summed E-state index contributed by atoms with van der Waals surface area (Å²) in [5.41, 5.74) is 0. The van der Waals surface area contributed by atoms with Crippen molar-refractivity contribution in [3.63, 3.8) is 0 Å². The third-order valence-corrected chi connectivity index (χ3v) is 2.65. The molecule has 0 aliphatic heterocycles. The predicted octanol–water partition coefficient (Wildman–Crippen LogP) is 0.0551. The molecule has 6 heteroatoms. The van der Waals surface area contributed by atoms with Crippen molar-refractivity contribution >= 4 is 92.9 Å². The van der Waals surface area contributed by atoms with Crippen molar-refractivity contribution < 1.29 is 19.8 Å². The average Bonchev–Trinajstić information content (AvgIpc) is 2.04. The zero-order valence-electron chi connectivity index (χ0n) is 7.40. The molecule has 0 aromatic carbocycles. The number of aliphatic carboxylic acids is 2. The number of hydrogen-bond donors (Lipinski definition) is 2. The minimum absolute atomic E-state index is 0. The van der Waals surface area contributed by atoms with Crippen molar-refractivity contribution in [3.8, 4) is 0 Å². The van der Waals surface area contributed by atoms with Gasteiger partial charge in [0.15, 0.2) is 5.92 Å². The summed E-state index contributed by atoms with van der Waals surface area (Å²) in [6.45, 7) is 0. The number of carbonyl (C=O) groups is 2. The van der Waals surface area contributed by atoms with Crippen LogP contribution in [0.1, 0.15) is 32.1 Å². The average molecular weight is 250 g/mol. The third-order valence-electron chi connectivity index (χ3n) is 2.65. The van der Waals surface area contributed by atoms with E-state index in [9.17, 15) is 9.59 Å². The number of carboxylic acids is 2. The first-order chi connectivity index (χ1) is 6.13. The van der Waals surface area contributed by atoms with Crippen LogP contribution < -0.4 is 0 Å². The first kappa shape index (κ1) is 18.9. The molecule has 1 rings (SSSR count). The summed E-state index contributed by atoms with van der Waals surface area (Å²) in [5, 5.41) is 17.4. The Morgan fingerprint density at radius 2 is 1.40 bits per heavy atom. The van der Waals surface area contributed by atoms with Gasteiger partial charge in [-0.25, -0.2) is 0 Å². The van der Waals surface area contributed by atoms with Crippen LogP contribution in [0.4, 0.5) is 0 Å². The molecule has 0 aromatic heterocycles. The molecule has 0 atom stereocenters. The molecule has 2 N–H and O–H groups in total. The molecule has 1 fully saturated rings. The Bertz CT molecular complexity index is 202. The van der Waals surface area contributed by atoms with E-state index in [1.54, 1.807) is 0 Å². The minimum atomic E-state index is -1.19. The molecular formula is C9H16KNaO4. The van der Waals surface area contributed by atoms with Gasteiger partial charge in [-0.2, -0.15) is 0 Å². The molecule has 4 nitrogen and oxygen atoms in total. The van der Waals surface area contributed by atoms with E-state index in [4.69, 9.17) is 10.2 Å². The van der Waals surface area contributed by atoms with Gasteiger partial charge in [-0.05, 0) is 18.8 Å². The molecular weight excluding hydrogens is 234 g/mol. The van der Waals surface area contributed by atoms with E-state index in [-0.39, 0.29) is 86.9 Å². The molecule has 0 heterocycles. The van der Waals surface area contributed by atoms with Gasteiger partial charge in [0.1, 0.15) is 0 Å². The van der Waals surface area contributed by atoms with Crippen molar-refractivity contribution in [2.45, 2.75) is 32.1 Å². The van der Waals surface area contributed by atoms with Crippen molar-refractivity contribution in [1.82, 2.24) is 0 Å². The molecule has 1 aliphatic rings. The van der Waals surface area contributed by atoms with Crippen molar-refractivity contribution in [1.29, 1.82) is 0 Å². The van der Waals surface area contributed by atoms with Crippen LogP contribution in [0.2, 0.25) is 0 Å². The van der Waals surface area contributed by atoms with Gasteiger partial charge in [0.25, 0.3) is 0 Å². The quantitative estimate of drug-likeness (QED) is 0.548. The van der Waals surface area contributed by atoms with Crippen LogP contribution in [0.25, 0.3) is 0 Å². The zero-order valence-corrected chi connectivity index (χ0v) is 7.40. The second kappa shape index (κ2) is 9.59. The molecule has 1 aliphatic carbocycles. The SMILES string of the molecule is O=C(O)C(C(=O)O)C1CCCCC1.[KH].[NaH]. The van der Waals surface area contributed by atoms with E-state index >= 15 is 0 Å². The van der Waals surface area contributed by atoms with E-state index in [2.05, 4.69) is 0 Å². The Labute approximate surface area is 154 Å². The van der Waals surface area contributed by atoms with Gasteiger partial charge >= 0.3 is 92.9 Å². The summed E-state index contributed by atoms with van der Waals surface area (Å²) < 4.78 is 0. The van der Waals surface area contributed by atoms with Crippen molar-refractivity contribution in [3.05, 3.63) is 0 Å². The molecule has 0 saturated heterocycles. The topological polar surface area (TPSA) is 74.6 Å². The summed E-state index contributed by atoms with van der Waals surface area (Å²) in [5.74, 6) is -3.75. The number of rotatable bonds is 3. The predicted molar refractivity (Wildman–Crippen MR) is 59.6 cm³/mol. The molecule has 15 heavy (non-hydrogen) atoms. The van der Waals surface area contributed by atoms with E-state index in [1.807, 2.05) is 0 Å². The summed E-state index contributed by atoms with van der Waals surface area (Å²) >= 11 is 0. The van der Waals surface area contributed by atoms with E-state index < -0.39 is 17.9 Å². The fraction of sp³-hybridized carbons (Fsp3) is 0.778. The van der Waals surface area contributed by atoms with Gasteiger partial charge in [-0.3, -0.25) is 9.59 Å². The Morgan fingerprint density at radius 3 is 1.73 bits per heavy atom. The molecule has 0 aromatic rings. The molecule has 0 unspecified atom stereocenters. The first-order valence-corrected chi connectivity index (χ1v) is 4.58. The Balaban J connectivity index is 0. The Morgan fingerprint density at radius 1 is 1.00 bits per heavy atom. The van der Waals surface area contributed by atoms with Crippen LogP contribution in [-0.2, 0) is 9.59 Å². The van der Waals surface area contributed by atoms with Crippen LogP contribution in [-0.4, -0.2) is 103 Å². The number of carboxylic acid groups (broad SMARTS) is 2. The van der Waals surface area contributed by atoms with E-state index in [0.29, 0.717) is 0 Å². The standard InChI is InChI=1S/C9H14O4.K.Na.2H/c10-8(11)7(9(12)13)6-4-2-1-3-5-6;;;;/h6-7H,1-5H2,(H,10,11)(H,12,13);;;;. The second-order valence-electron chi connectivity index (χ2n) is 3.55. The Kier molecular flexibility index (Phi) is 12.1. The summed E-state index contributed by atoms with van der Waals surface area (Å²) in [4.78, 5) is 21.3. The first-order valence-electron chi connectivity index (χ1n) is 4.58. The maximum atomic E-state index is 10.7. The zero-order chi connectivity index (χ0) is 9.84. The van der Waals surface area contributed by atoms with Gasteiger partial charge in [0.2, 0.25) is 0 Å². The fourth-order valence-corrected chi connectivity index (χ4v) is 1.98. The van der Waals surface area contributed by atoms with Gasteiger partial charge in [-0.15, -0.1) is 0 Å². The normalized spacial score (nSPS) is 16.3. The molecule has 0 spiro atoms. The van der Waals surface area contributed by atoms with Gasteiger partial charge in [0.05, 0.1) is 0 Å². The molecule has 78 valence electrons. The van der Waals surface area contributed by atoms with E-state index in [0.717, 1.165) is 32.1 Å². The van der Waals surface area contributed by atoms with Crippen LogP contribution in [0.3, 0.4) is 0 Å². The van der Waals surface area contributed by atoms with Crippen LogP contribution >= 0.6 is 0 Å². The van der Waals surface area contributed by atoms with Gasteiger partial charge in [-0.1, -0.05) is 19.3 Å². The molecule has 0 radical (unpaired) electrons. The fourth-order valence-electron chi connectivity index (χ4n) is 1.98. The number of hydrogen-bond acceptors (Lipinski definition) is 2. The molecule has 0 bridgehead atoms. The van der Waals surface area contributed by atoms with Crippen molar-refractivity contribution in [2.75, 3.05) is 0 Å². The molecule has 1 saturated carbocycles. The third kappa shape index (κ3) is 6.17. The monoisotopic (exact) mass is 250 g/mol. The van der Waals surface area contributed by atoms with Gasteiger partial charge in [0, 0.05) is 0 Å². The summed E-state index contributed by atoms with van der Waals surface area (Å²) in [6, 6.07) is 0. The van der Waals surface area contributed by atoms with Crippen LogP contribution in [0, 0.1) is 11.8 Å².